The third-order valence-corrected chi connectivity index (χ3v) is 5.60. The third kappa shape index (κ3) is 2.95. The van der Waals surface area contributed by atoms with Crippen molar-refractivity contribution in [3.8, 4) is 11.3 Å². The first kappa shape index (κ1) is 16.7. The van der Waals surface area contributed by atoms with Crippen molar-refractivity contribution in [1.82, 2.24) is 19.6 Å². The Bertz CT molecular complexity index is 1120. The predicted octanol–water partition coefficient (Wildman–Crippen LogP) is 2.78. The molecule has 1 aliphatic rings. The second-order valence-corrected chi connectivity index (χ2v) is 7.52. The fraction of sp³-hybridized carbons (Fsp3) is 0.158. The van der Waals surface area contributed by atoms with Gasteiger partial charge in [-0.15, -0.1) is 11.3 Å². The number of nitrogens with one attached hydrogen (secondary N) is 2. The smallest absolute Gasteiger partial charge is 0.229 e. The van der Waals surface area contributed by atoms with Crippen LogP contribution < -0.4 is 10.2 Å². The maximum atomic E-state index is 12.6. The van der Waals surface area contributed by atoms with Crippen LogP contribution in [0.5, 0.6) is 0 Å². The van der Waals surface area contributed by atoms with Crippen LogP contribution in [-0.2, 0) is 9.59 Å². The molecular formula is C19H16N6O2S. The molecule has 0 saturated carbocycles. The molecule has 1 aromatic carbocycles. The first-order valence-corrected chi connectivity index (χ1v) is 9.68. The number of carbonyl (C=O) groups is 2. The summed E-state index contributed by atoms with van der Waals surface area (Å²) in [6, 6.07) is 7.57. The van der Waals surface area contributed by atoms with Gasteiger partial charge in [0.25, 0.3) is 0 Å². The normalized spacial score (nSPS) is 16.8. The molecule has 28 heavy (non-hydrogen) atoms. The lowest BCUT2D eigenvalue weighted by molar-refractivity contribution is -0.122. The summed E-state index contributed by atoms with van der Waals surface area (Å²) in [5.41, 5.74) is 3.26. The van der Waals surface area contributed by atoms with Crippen molar-refractivity contribution in [3.63, 3.8) is 0 Å². The Balaban J connectivity index is 1.26. The topological polar surface area (TPSA) is 95.4 Å². The van der Waals surface area contributed by atoms with Gasteiger partial charge in [-0.1, -0.05) is 12.1 Å². The Hall–Kier alpha value is -3.46. The Morgan fingerprint density at radius 2 is 2.14 bits per heavy atom. The van der Waals surface area contributed by atoms with Crippen LogP contribution in [0.15, 0.2) is 54.4 Å². The van der Waals surface area contributed by atoms with E-state index in [9.17, 15) is 9.59 Å². The number of carbonyl (C=O) groups excluding carboxylic acids is 2. The molecule has 2 N–H and O–H groups in total. The number of imidazole rings is 1. The van der Waals surface area contributed by atoms with Crippen LogP contribution in [0.25, 0.3) is 16.2 Å². The summed E-state index contributed by atoms with van der Waals surface area (Å²) in [4.78, 5) is 31.9. The molecule has 1 fully saturated rings. The molecule has 8 nitrogen and oxygen atoms in total. The average molecular weight is 392 g/mol. The summed E-state index contributed by atoms with van der Waals surface area (Å²) in [5.74, 6) is -0.617. The number of hydrogen-bond donors (Lipinski definition) is 2. The standard InChI is InChI=1S/C19H16N6O2S/c26-17-7-13(10-25(17)15-8-20-21-9-15)18(27)22-14-3-1-12(2-4-14)16-11-24-5-6-28-19(24)23-16/h1-6,8-9,11,13H,7,10H2,(H,20,21)(H,22,27). The lowest BCUT2D eigenvalue weighted by Crippen LogP contribution is -2.27. The Kier molecular flexibility index (Phi) is 3.94. The molecule has 0 spiro atoms. The zero-order valence-electron chi connectivity index (χ0n) is 14.7. The number of benzene rings is 1. The second-order valence-electron chi connectivity index (χ2n) is 6.65. The molecule has 4 heterocycles. The van der Waals surface area contributed by atoms with Gasteiger partial charge in [0.2, 0.25) is 11.8 Å². The van der Waals surface area contributed by atoms with Gasteiger partial charge in [0.1, 0.15) is 0 Å². The SMILES string of the molecule is O=C(Nc1ccc(-c2cn3ccsc3n2)cc1)C1CC(=O)N(c2cn[nH]c2)C1. The second kappa shape index (κ2) is 6.61. The Morgan fingerprint density at radius 1 is 1.29 bits per heavy atom. The van der Waals surface area contributed by atoms with Crippen LogP contribution in [0, 0.1) is 5.92 Å². The van der Waals surface area contributed by atoms with Gasteiger partial charge >= 0.3 is 0 Å². The summed E-state index contributed by atoms with van der Waals surface area (Å²) < 4.78 is 1.98. The van der Waals surface area contributed by atoms with Crippen LogP contribution in [0.4, 0.5) is 11.4 Å². The van der Waals surface area contributed by atoms with Crippen LogP contribution in [0.3, 0.4) is 0 Å². The van der Waals surface area contributed by atoms with Gasteiger partial charge in [0.15, 0.2) is 4.96 Å². The first-order chi connectivity index (χ1) is 13.7. The highest BCUT2D eigenvalue weighted by molar-refractivity contribution is 7.15. The lowest BCUT2D eigenvalue weighted by atomic mass is 10.1. The minimum atomic E-state index is -0.387. The third-order valence-electron chi connectivity index (χ3n) is 4.83. The number of nitrogens with zero attached hydrogens (tertiary/aromatic N) is 4. The fourth-order valence-electron chi connectivity index (χ4n) is 3.36. The molecule has 1 atom stereocenters. The number of fused-ring (bicyclic) bond motifs is 1. The molecule has 1 aliphatic heterocycles. The molecule has 0 aliphatic carbocycles. The molecule has 5 rings (SSSR count). The molecule has 2 amide bonds. The van der Waals surface area contributed by atoms with E-state index in [0.29, 0.717) is 17.9 Å². The van der Waals surface area contributed by atoms with E-state index in [-0.39, 0.29) is 24.2 Å². The van der Waals surface area contributed by atoms with Crippen LogP contribution in [0.2, 0.25) is 0 Å². The Labute approximate surface area is 163 Å². The van der Waals surface area contributed by atoms with Gasteiger partial charge in [0, 0.05) is 48.2 Å². The summed E-state index contributed by atoms with van der Waals surface area (Å²) >= 11 is 1.59. The minimum Gasteiger partial charge on any atom is -0.326 e. The average Bonchev–Trinajstić information content (AvgIpc) is 3.45. The molecule has 1 saturated heterocycles. The van der Waals surface area contributed by atoms with E-state index in [4.69, 9.17) is 0 Å². The molecule has 1 unspecified atom stereocenters. The number of hydrogen-bond acceptors (Lipinski definition) is 5. The number of thiazole rings is 1. The molecule has 4 aromatic rings. The van der Waals surface area contributed by atoms with E-state index in [2.05, 4.69) is 20.5 Å². The summed E-state index contributed by atoms with van der Waals surface area (Å²) in [5, 5.41) is 11.4. The minimum absolute atomic E-state index is 0.0725. The van der Waals surface area contributed by atoms with Crippen LogP contribution in [0.1, 0.15) is 6.42 Å². The van der Waals surface area contributed by atoms with Crippen molar-refractivity contribution in [1.29, 1.82) is 0 Å². The van der Waals surface area contributed by atoms with Crippen molar-refractivity contribution in [2.24, 2.45) is 5.92 Å². The van der Waals surface area contributed by atoms with Gasteiger partial charge < -0.3 is 10.2 Å². The zero-order chi connectivity index (χ0) is 19.1. The van der Waals surface area contributed by atoms with E-state index >= 15 is 0 Å². The lowest BCUT2D eigenvalue weighted by Gasteiger charge is -2.14. The van der Waals surface area contributed by atoms with Gasteiger partial charge in [0.05, 0.1) is 23.5 Å². The predicted molar refractivity (Wildman–Crippen MR) is 106 cm³/mol. The highest BCUT2D eigenvalue weighted by Gasteiger charge is 2.35. The number of anilines is 2. The fourth-order valence-corrected chi connectivity index (χ4v) is 4.06. The molecular weight excluding hydrogens is 376 g/mol. The number of aromatic nitrogens is 4. The van der Waals surface area contributed by atoms with Crippen molar-refractivity contribution < 1.29 is 9.59 Å². The van der Waals surface area contributed by atoms with Crippen LogP contribution >= 0.6 is 11.3 Å². The number of aromatic amines is 1. The summed E-state index contributed by atoms with van der Waals surface area (Å²) in [7, 11) is 0. The maximum absolute atomic E-state index is 12.6. The maximum Gasteiger partial charge on any atom is 0.229 e. The summed E-state index contributed by atoms with van der Waals surface area (Å²) in [6.07, 6.45) is 7.38. The Morgan fingerprint density at radius 3 is 2.89 bits per heavy atom. The van der Waals surface area contributed by atoms with Gasteiger partial charge in [-0.2, -0.15) is 5.10 Å². The van der Waals surface area contributed by atoms with Gasteiger partial charge in [-0.25, -0.2) is 4.98 Å². The van der Waals surface area contributed by atoms with E-state index in [1.807, 2.05) is 46.4 Å². The van der Waals surface area contributed by atoms with Crippen molar-refractivity contribution in [3.05, 3.63) is 54.4 Å². The summed E-state index contributed by atoms with van der Waals surface area (Å²) in [6.45, 7) is 0.355. The van der Waals surface area contributed by atoms with E-state index in [1.165, 1.54) is 0 Å². The van der Waals surface area contributed by atoms with Gasteiger partial charge in [-0.05, 0) is 12.1 Å². The molecule has 0 bridgehead atoms. The molecule has 9 heteroatoms. The van der Waals surface area contributed by atoms with Crippen molar-refractivity contribution >= 4 is 39.5 Å². The van der Waals surface area contributed by atoms with Gasteiger partial charge in [-0.3, -0.25) is 19.1 Å². The van der Waals surface area contributed by atoms with E-state index < -0.39 is 0 Å². The largest absolute Gasteiger partial charge is 0.326 e. The highest BCUT2D eigenvalue weighted by atomic mass is 32.1. The first-order valence-electron chi connectivity index (χ1n) is 8.80. The van der Waals surface area contributed by atoms with E-state index in [0.717, 1.165) is 16.2 Å². The van der Waals surface area contributed by atoms with E-state index in [1.54, 1.807) is 28.6 Å². The van der Waals surface area contributed by atoms with Crippen LogP contribution in [-0.4, -0.2) is 37.9 Å². The van der Waals surface area contributed by atoms with Crippen molar-refractivity contribution in [2.45, 2.75) is 6.42 Å². The number of amides is 2. The number of H-pyrrole nitrogens is 1. The highest BCUT2D eigenvalue weighted by Crippen LogP contribution is 2.26. The zero-order valence-corrected chi connectivity index (χ0v) is 15.5. The number of rotatable bonds is 4. The molecule has 0 radical (unpaired) electrons. The molecule has 140 valence electrons. The quantitative estimate of drug-likeness (QED) is 0.558. The monoisotopic (exact) mass is 392 g/mol. The van der Waals surface area contributed by atoms with Crippen molar-refractivity contribution in [2.75, 3.05) is 16.8 Å². The molecule has 3 aromatic heterocycles.